The van der Waals surface area contributed by atoms with E-state index in [1.165, 1.54) is 0 Å². The zero-order valence-corrected chi connectivity index (χ0v) is 12.9. The Morgan fingerprint density at radius 1 is 0.952 bits per heavy atom. The molecule has 0 unspecified atom stereocenters. The zero-order valence-electron chi connectivity index (χ0n) is 12.1. The summed E-state index contributed by atoms with van der Waals surface area (Å²) in [6.45, 7) is 1.93. The second kappa shape index (κ2) is 8.55. The van der Waals surface area contributed by atoms with Crippen molar-refractivity contribution >= 4 is 11.6 Å². The van der Waals surface area contributed by atoms with Crippen molar-refractivity contribution in [2.75, 3.05) is 20.3 Å². The van der Waals surface area contributed by atoms with Gasteiger partial charge in [-0.3, -0.25) is 0 Å². The van der Waals surface area contributed by atoms with Crippen LogP contribution in [0.15, 0.2) is 48.5 Å². The van der Waals surface area contributed by atoms with Crippen LogP contribution < -0.4 is 14.8 Å². The lowest BCUT2D eigenvalue weighted by molar-refractivity contribution is 0.246. The topological polar surface area (TPSA) is 30.5 Å². The van der Waals surface area contributed by atoms with Gasteiger partial charge in [0, 0.05) is 18.5 Å². The summed E-state index contributed by atoms with van der Waals surface area (Å²) < 4.78 is 11.4. The molecule has 0 fully saturated rings. The van der Waals surface area contributed by atoms with E-state index >= 15 is 0 Å². The van der Waals surface area contributed by atoms with Crippen molar-refractivity contribution in [1.29, 1.82) is 0 Å². The first kappa shape index (κ1) is 15.7. The van der Waals surface area contributed by atoms with E-state index in [0.29, 0.717) is 18.2 Å². The van der Waals surface area contributed by atoms with Crippen molar-refractivity contribution in [3.63, 3.8) is 0 Å². The molecular weight excluding hydrogens is 286 g/mol. The van der Waals surface area contributed by atoms with E-state index in [4.69, 9.17) is 21.1 Å². The van der Waals surface area contributed by atoms with Crippen molar-refractivity contribution < 1.29 is 9.47 Å². The predicted molar refractivity (Wildman–Crippen MR) is 86.3 cm³/mol. The molecule has 0 heterocycles. The van der Waals surface area contributed by atoms with Crippen molar-refractivity contribution in [1.82, 2.24) is 5.32 Å². The Kier molecular flexibility index (Phi) is 6.38. The SMILES string of the molecule is CNCc1cccc(Cl)c1OCCCOc1ccccc1. The van der Waals surface area contributed by atoms with Gasteiger partial charge in [0.25, 0.3) is 0 Å². The molecule has 0 aliphatic heterocycles. The molecule has 112 valence electrons. The first-order valence-electron chi connectivity index (χ1n) is 7.04. The largest absolute Gasteiger partial charge is 0.493 e. The fourth-order valence-electron chi connectivity index (χ4n) is 1.98. The normalized spacial score (nSPS) is 10.4. The minimum absolute atomic E-state index is 0.577. The van der Waals surface area contributed by atoms with E-state index in [1.54, 1.807) is 0 Å². The van der Waals surface area contributed by atoms with Crippen LogP contribution in [-0.2, 0) is 6.54 Å². The Hall–Kier alpha value is -1.71. The summed E-state index contributed by atoms with van der Waals surface area (Å²) in [5.41, 5.74) is 1.06. The maximum absolute atomic E-state index is 6.19. The van der Waals surface area contributed by atoms with Gasteiger partial charge in [-0.2, -0.15) is 0 Å². The molecule has 0 atom stereocenters. The third kappa shape index (κ3) is 4.96. The number of nitrogens with one attached hydrogen (secondary N) is 1. The number of benzene rings is 2. The highest BCUT2D eigenvalue weighted by atomic mass is 35.5. The molecule has 0 bridgehead atoms. The molecule has 2 aromatic carbocycles. The molecule has 21 heavy (non-hydrogen) atoms. The molecule has 0 radical (unpaired) electrons. The minimum Gasteiger partial charge on any atom is -0.493 e. The molecule has 4 heteroatoms. The molecule has 1 N–H and O–H groups in total. The molecule has 3 nitrogen and oxygen atoms in total. The molecule has 0 saturated heterocycles. The standard InChI is InChI=1S/C17H20ClNO2/c1-19-13-14-7-5-10-16(18)17(14)21-12-6-11-20-15-8-3-2-4-9-15/h2-5,7-10,19H,6,11-13H2,1H3. The van der Waals surface area contributed by atoms with Crippen LogP contribution in [0.2, 0.25) is 5.02 Å². The Morgan fingerprint density at radius 2 is 1.71 bits per heavy atom. The molecular formula is C17H20ClNO2. The van der Waals surface area contributed by atoms with Crippen LogP contribution >= 0.6 is 11.6 Å². The van der Waals surface area contributed by atoms with Gasteiger partial charge in [0.15, 0.2) is 0 Å². The summed E-state index contributed by atoms with van der Waals surface area (Å²) in [5, 5.41) is 3.76. The average Bonchev–Trinajstić information content (AvgIpc) is 2.51. The maximum Gasteiger partial charge on any atom is 0.142 e. The van der Waals surface area contributed by atoms with Gasteiger partial charge < -0.3 is 14.8 Å². The lowest BCUT2D eigenvalue weighted by Crippen LogP contribution is -2.10. The zero-order chi connectivity index (χ0) is 14.9. The number of rotatable bonds is 8. The van der Waals surface area contributed by atoms with Gasteiger partial charge in [0.1, 0.15) is 11.5 Å². The third-order valence-corrected chi connectivity index (χ3v) is 3.26. The summed E-state index contributed by atoms with van der Waals surface area (Å²) in [7, 11) is 1.90. The molecule has 0 amide bonds. The first-order chi connectivity index (χ1) is 10.3. The van der Waals surface area contributed by atoms with Gasteiger partial charge in [0.2, 0.25) is 0 Å². The summed E-state index contributed by atoms with van der Waals surface area (Å²) in [5.74, 6) is 1.64. The van der Waals surface area contributed by atoms with Crippen molar-refractivity contribution in [3.05, 3.63) is 59.1 Å². The minimum atomic E-state index is 0.577. The van der Waals surface area contributed by atoms with Crippen molar-refractivity contribution in [2.24, 2.45) is 0 Å². The highest BCUT2D eigenvalue weighted by Gasteiger charge is 2.07. The summed E-state index contributed by atoms with van der Waals surface area (Å²) >= 11 is 6.19. The molecule has 0 saturated carbocycles. The number of ether oxygens (including phenoxy) is 2. The van der Waals surface area contributed by atoms with Gasteiger partial charge >= 0.3 is 0 Å². The van der Waals surface area contributed by atoms with Gasteiger partial charge in [-0.1, -0.05) is 41.9 Å². The predicted octanol–water partition coefficient (Wildman–Crippen LogP) is 3.91. The quantitative estimate of drug-likeness (QED) is 0.750. The Bertz CT molecular complexity index is 546. The summed E-state index contributed by atoms with van der Waals surface area (Å²) in [6.07, 6.45) is 0.805. The molecule has 2 aromatic rings. The molecule has 0 aliphatic carbocycles. The summed E-state index contributed by atoms with van der Waals surface area (Å²) in [4.78, 5) is 0. The maximum atomic E-state index is 6.19. The number of para-hydroxylation sites is 2. The van der Waals surface area contributed by atoms with E-state index in [9.17, 15) is 0 Å². The molecule has 2 rings (SSSR count). The average molecular weight is 306 g/mol. The number of hydrogen-bond donors (Lipinski definition) is 1. The highest BCUT2D eigenvalue weighted by molar-refractivity contribution is 6.32. The Balaban J connectivity index is 1.78. The van der Waals surface area contributed by atoms with E-state index < -0.39 is 0 Å². The highest BCUT2D eigenvalue weighted by Crippen LogP contribution is 2.28. The van der Waals surface area contributed by atoms with E-state index in [1.807, 2.05) is 55.6 Å². The van der Waals surface area contributed by atoms with Crippen LogP contribution in [0.5, 0.6) is 11.5 Å². The van der Waals surface area contributed by atoms with E-state index in [0.717, 1.165) is 30.0 Å². The second-order valence-electron chi connectivity index (χ2n) is 4.62. The van der Waals surface area contributed by atoms with Crippen LogP contribution in [0.1, 0.15) is 12.0 Å². The van der Waals surface area contributed by atoms with E-state index in [-0.39, 0.29) is 0 Å². The lowest BCUT2D eigenvalue weighted by Gasteiger charge is -2.13. The van der Waals surface area contributed by atoms with Crippen LogP contribution in [0, 0.1) is 0 Å². The molecule has 0 spiro atoms. The van der Waals surface area contributed by atoms with Crippen LogP contribution in [0.25, 0.3) is 0 Å². The van der Waals surface area contributed by atoms with Gasteiger partial charge in [-0.05, 0) is 25.2 Å². The van der Waals surface area contributed by atoms with Crippen molar-refractivity contribution in [2.45, 2.75) is 13.0 Å². The first-order valence-corrected chi connectivity index (χ1v) is 7.41. The van der Waals surface area contributed by atoms with Crippen LogP contribution in [0.3, 0.4) is 0 Å². The number of halogens is 1. The fourth-order valence-corrected chi connectivity index (χ4v) is 2.23. The number of hydrogen-bond acceptors (Lipinski definition) is 3. The molecule has 0 aromatic heterocycles. The Morgan fingerprint density at radius 3 is 2.48 bits per heavy atom. The summed E-state index contributed by atoms with van der Waals surface area (Å²) in [6, 6.07) is 15.6. The van der Waals surface area contributed by atoms with Crippen LogP contribution in [0.4, 0.5) is 0 Å². The Labute approximate surface area is 130 Å². The molecule has 0 aliphatic rings. The van der Waals surface area contributed by atoms with Gasteiger partial charge in [-0.25, -0.2) is 0 Å². The van der Waals surface area contributed by atoms with Gasteiger partial charge in [-0.15, -0.1) is 0 Å². The van der Waals surface area contributed by atoms with Gasteiger partial charge in [0.05, 0.1) is 18.2 Å². The van der Waals surface area contributed by atoms with Crippen molar-refractivity contribution in [3.8, 4) is 11.5 Å². The monoisotopic (exact) mass is 305 g/mol. The smallest absolute Gasteiger partial charge is 0.142 e. The fraction of sp³-hybridized carbons (Fsp3) is 0.294. The van der Waals surface area contributed by atoms with Crippen LogP contribution in [-0.4, -0.2) is 20.3 Å². The third-order valence-electron chi connectivity index (χ3n) is 2.96. The lowest BCUT2D eigenvalue weighted by atomic mass is 10.2. The second-order valence-corrected chi connectivity index (χ2v) is 5.03. The van der Waals surface area contributed by atoms with E-state index in [2.05, 4.69) is 5.32 Å².